The van der Waals surface area contributed by atoms with Crippen molar-refractivity contribution >= 4 is 16.8 Å². The minimum absolute atomic E-state index is 0.175. The third-order valence-corrected chi connectivity index (χ3v) is 5.92. The van der Waals surface area contributed by atoms with E-state index in [0.717, 1.165) is 49.1 Å². The first kappa shape index (κ1) is 21.4. The third-order valence-electron chi connectivity index (χ3n) is 5.92. The Bertz CT molecular complexity index is 1020. The Morgan fingerprint density at radius 3 is 2.39 bits per heavy atom. The molecule has 0 unspecified atom stereocenters. The van der Waals surface area contributed by atoms with Gasteiger partial charge in [0.15, 0.2) is 0 Å². The smallest absolute Gasteiger partial charge is 0.361 e. The number of amides is 1. The highest BCUT2D eigenvalue weighted by Gasteiger charge is 2.30. The van der Waals surface area contributed by atoms with Crippen molar-refractivity contribution in [1.29, 1.82) is 0 Å². The zero-order valence-corrected chi connectivity index (χ0v) is 17.3. The summed E-state index contributed by atoms with van der Waals surface area (Å²) in [7, 11) is 0. The van der Waals surface area contributed by atoms with Gasteiger partial charge in [-0.05, 0) is 42.2 Å². The fourth-order valence-electron chi connectivity index (χ4n) is 4.14. The molecule has 2 aromatic carbocycles. The molecule has 0 bridgehead atoms. The van der Waals surface area contributed by atoms with Crippen LogP contribution in [0.25, 0.3) is 10.9 Å². The molecular weight excluding hydrogens is 403 g/mol. The van der Waals surface area contributed by atoms with Gasteiger partial charge in [-0.1, -0.05) is 30.3 Å². The normalized spacial score (nSPS) is 15.5. The van der Waals surface area contributed by atoms with Crippen molar-refractivity contribution in [1.82, 2.24) is 14.8 Å². The van der Waals surface area contributed by atoms with Crippen molar-refractivity contribution in [3.05, 3.63) is 71.4 Å². The first-order valence-electron chi connectivity index (χ1n) is 10.6. The Balaban J connectivity index is 1.21. The molecule has 0 aliphatic carbocycles. The number of fused-ring (bicyclic) bond motifs is 1. The summed E-state index contributed by atoms with van der Waals surface area (Å²) in [5.74, 6) is 0.175. The van der Waals surface area contributed by atoms with Gasteiger partial charge in [0.2, 0.25) is 5.91 Å². The van der Waals surface area contributed by atoms with Crippen LogP contribution in [-0.2, 0) is 23.9 Å². The lowest BCUT2D eigenvalue weighted by molar-refractivity contribution is -0.137. The van der Waals surface area contributed by atoms with Crippen LogP contribution in [0.3, 0.4) is 0 Å². The van der Waals surface area contributed by atoms with E-state index in [9.17, 15) is 18.0 Å². The van der Waals surface area contributed by atoms with Gasteiger partial charge in [-0.15, -0.1) is 0 Å². The van der Waals surface area contributed by atoms with Crippen LogP contribution in [0.5, 0.6) is 0 Å². The van der Waals surface area contributed by atoms with Crippen molar-refractivity contribution in [3.8, 4) is 0 Å². The number of aromatic nitrogens is 1. The summed E-state index contributed by atoms with van der Waals surface area (Å²) < 4.78 is 38.1. The van der Waals surface area contributed by atoms with E-state index in [-0.39, 0.29) is 5.91 Å². The van der Waals surface area contributed by atoms with Crippen LogP contribution in [0, 0.1) is 0 Å². The second-order valence-electron chi connectivity index (χ2n) is 8.06. The molecular formula is C24H26F3N3O. The molecule has 1 aliphatic rings. The van der Waals surface area contributed by atoms with Crippen molar-refractivity contribution < 1.29 is 18.0 Å². The van der Waals surface area contributed by atoms with Crippen LogP contribution in [0.1, 0.15) is 29.5 Å². The van der Waals surface area contributed by atoms with Crippen LogP contribution < -0.4 is 0 Å². The first-order valence-corrected chi connectivity index (χ1v) is 10.6. The highest BCUT2D eigenvalue weighted by atomic mass is 19.4. The summed E-state index contributed by atoms with van der Waals surface area (Å²) in [5, 5.41) is 1.21. The maximum absolute atomic E-state index is 12.7. The zero-order valence-electron chi connectivity index (χ0n) is 17.3. The molecule has 7 heteroatoms. The molecule has 1 aromatic heterocycles. The van der Waals surface area contributed by atoms with Gasteiger partial charge < -0.3 is 9.88 Å². The van der Waals surface area contributed by atoms with E-state index >= 15 is 0 Å². The molecule has 4 nitrogen and oxygen atoms in total. The van der Waals surface area contributed by atoms with Crippen LogP contribution in [0.2, 0.25) is 0 Å². The van der Waals surface area contributed by atoms with E-state index in [2.05, 4.69) is 16.0 Å². The maximum atomic E-state index is 12.7. The Hall–Kier alpha value is -2.80. The summed E-state index contributed by atoms with van der Waals surface area (Å²) >= 11 is 0. The largest absolute Gasteiger partial charge is 0.416 e. The van der Waals surface area contributed by atoms with Crippen molar-refractivity contribution in [2.24, 2.45) is 0 Å². The van der Waals surface area contributed by atoms with Gasteiger partial charge in [0.25, 0.3) is 0 Å². The maximum Gasteiger partial charge on any atom is 0.416 e. The van der Waals surface area contributed by atoms with E-state index in [4.69, 9.17) is 0 Å². The van der Waals surface area contributed by atoms with Crippen LogP contribution in [0.15, 0.2) is 54.7 Å². The fraction of sp³-hybridized carbons (Fsp3) is 0.375. The number of hydrogen-bond donors (Lipinski definition) is 1. The minimum atomic E-state index is -4.31. The van der Waals surface area contributed by atoms with Crippen LogP contribution in [0.4, 0.5) is 13.2 Å². The van der Waals surface area contributed by atoms with E-state index in [1.807, 2.05) is 29.3 Å². The summed E-state index contributed by atoms with van der Waals surface area (Å²) in [6.07, 6.45) is -0.0810. The van der Waals surface area contributed by atoms with Crippen molar-refractivity contribution in [2.45, 2.75) is 32.0 Å². The Morgan fingerprint density at radius 2 is 1.68 bits per heavy atom. The molecule has 0 radical (unpaired) electrons. The van der Waals surface area contributed by atoms with E-state index < -0.39 is 11.7 Å². The second-order valence-corrected chi connectivity index (χ2v) is 8.06. The monoisotopic (exact) mass is 429 g/mol. The summed E-state index contributed by atoms with van der Waals surface area (Å²) in [6, 6.07) is 13.5. The average Bonchev–Trinajstić information content (AvgIpc) is 3.17. The molecule has 0 saturated carbocycles. The topological polar surface area (TPSA) is 39.3 Å². The lowest BCUT2D eigenvalue weighted by atomic mass is 10.1. The van der Waals surface area contributed by atoms with Crippen molar-refractivity contribution in [2.75, 3.05) is 26.2 Å². The molecule has 0 atom stereocenters. The lowest BCUT2D eigenvalue weighted by Gasteiger charge is -2.35. The average molecular weight is 429 g/mol. The molecule has 31 heavy (non-hydrogen) atoms. The van der Waals surface area contributed by atoms with Gasteiger partial charge in [-0.2, -0.15) is 13.2 Å². The molecule has 1 saturated heterocycles. The Labute approximate surface area is 179 Å². The third kappa shape index (κ3) is 5.28. The predicted molar refractivity (Wildman–Crippen MR) is 115 cm³/mol. The number of nitrogens with one attached hydrogen (secondary N) is 1. The number of carbonyl (C=O) groups excluding carboxylic acids is 1. The van der Waals surface area contributed by atoms with Gasteiger partial charge in [0.1, 0.15) is 0 Å². The number of aromatic amines is 1. The van der Waals surface area contributed by atoms with Crippen LogP contribution >= 0.6 is 0 Å². The number of aryl methyl sites for hydroxylation is 1. The number of halogens is 3. The van der Waals surface area contributed by atoms with Crippen LogP contribution in [-0.4, -0.2) is 46.9 Å². The molecule has 164 valence electrons. The highest BCUT2D eigenvalue weighted by Crippen LogP contribution is 2.29. The summed E-state index contributed by atoms with van der Waals surface area (Å²) in [5.41, 5.74) is 2.59. The number of carbonyl (C=O) groups is 1. The van der Waals surface area contributed by atoms with Gasteiger partial charge in [0, 0.05) is 56.2 Å². The van der Waals surface area contributed by atoms with E-state index in [0.29, 0.717) is 26.1 Å². The van der Waals surface area contributed by atoms with E-state index in [1.54, 1.807) is 0 Å². The quantitative estimate of drug-likeness (QED) is 0.608. The van der Waals surface area contributed by atoms with Gasteiger partial charge in [0.05, 0.1) is 5.56 Å². The molecule has 1 aliphatic heterocycles. The zero-order chi connectivity index (χ0) is 21.8. The number of para-hydroxylation sites is 1. The fourth-order valence-corrected chi connectivity index (χ4v) is 4.14. The second kappa shape index (κ2) is 9.14. The molecule has 2 heterocycles. The predicted octanol–water partition coefficient (Wildman–Crippen LogP) is 4.85. The first-order chi connectivity index (χ1) is 14.9. The standard InChI is InChI=1S/C24H26F3N3O/c25-24(26,27)20-10-8-18(9-11-20)17-29-12-14-30(15-13-29)23(31)7-3-4-19-16-28-22-6-2-1-5-21(19)22/h1-2,5-6,8-11,16,28H,3-4,7,12-15,17H2. The molecule has 1 fully saturated rings. The number of hydrogen-bond acceptors (Lipinski definition) is 2. The number of rotatable bonds is 6. The molecule has 4 rings (SSSR count). The number of H-pyrrole nitrogens is 1. The summed E-state index contributed by atoms with van der Waals surface area (Å²) in [6.45, 7) is 3.38. The van der Waals surface area contributed by atoms with Gasteiger partial charge in [-0.3, -0.25) is 9.69 Å². The molecule has 0 spiro atoms. The molecule has 1 amide bonds. The van der Waals surface area contributed by atoms with Gasteiger partial charge in [-0.25, -0.2) is 0 Å². The highest BCUT2D eigenvalue weighted by molar-refractivity contribution is 5.83. The summed E-state index contributed by atoms with van der Waals surface area (Å²) in [4.78, 5) is 19.9. The molecule has 1 N–H and O–H groups in total. The number of piperazine rings is 1. The Kier molecular flexibility index (Phi) is 6.32. The number of benzene rings is 2. The Morgan fingerprint density at radius 1 is 0.968 bits per heavy atom. The number of alkyl halides is 3. The lowest BCUT2D eigenvalue weighted by Crippen LogP contribution is -2.48. The van der Waals surface area contributed by atoms with E-state index in [1.165, 1.54) is 23.1 Å². The minimum Gasteiger partial charge on any atom is -0.361 e. The molecule has 3 aromatic rings. The number of nitrogens with zero attached hydrogens (tertiary/aromatic N) is 2. The SMILES string of the molecule is O=C(CCCc1c[nH]c2ccccc12)N1CCN(Cc2ccc(C(F)(F)F)cc2)CC1. The van der Waals surface area contributed by atoms with Crippen molar-refractivity contribution in [3.63, 3.8) is 0 Å². The van der Waals surface area contributed by atoms with Gasteiger partial charge >= 0.3 is 6.18 Å².